The summed E-state index contributed by atoms with van der Waals surface area (Å²) in [5.41, 5.74) is 0. The van der Waals surface area contributed by atoms with Gasteiger partial charge in [-0.2, -0.15) is 0 Å². The topological polar surface area (TPSA) is 61.4 Å². The molecule has 2 fully saturated rings. The van der Waals surface area contributed by atoms with E-state index in [1.807, 2.05) is 4.90 Å². The highest BCUT2D eigenvalue weighted by atomic mass is 16.2. The maximum Gasteiger partial charge on any atom is 0.239 e. The Bertz CT molecular complexity index is 319. The second kappa shape index (κ2) is 6.89. The number of carbonyl (C=O) groups excluding carboxylic acids is 2. The minimum absolute atomic E-state index is 0.0323. The molecule has 2 aliphatic rings. The van der Waals surface area contributed by atoms with Crippen LogP contribution in [-0.4, -0.2) is 48.9 Å². The molecule has 0 aromatic heterocycles. The van der Waals surface area contributed by atoms with Crippen molar-refractivity contribution in [2.24, 2.45) is 5.92 Å². The molecule has 0 saturated carbocycles. The standard InChI is InChI=1S/C14H25N3O2/c1-11(18)16-10-12-5-8-17(9-6-12)14(19)13-4-2-3-7-15-13/h12-13,15H,2-10H2,1H3,(H,16,18)/t13-/m0/s1. The molecule has 0 aliphatic carbocycles. The molecule has 2 N–H and O–H groups in total. The van der Waals surface area contributed by atoms with Gasteiger partial charge < -0.3 is 15.5 Å². The molecule has 0 aromatic rings. The highest BCUT2D eigenvalue weighted by Gasteiger charge is 2.28. The van der Waals surface area contributed by atoms with E-state index < -0.39 is 0 Å². The van der Waals surface area contributed by atoms with Crippen LogP contribution in [0, 0.1) is 5.92 Å². The summed E-state index contributed by atoms with van der Waals surface area (Å²) < 4.78 is 0. The predicted molar refractivity (Wildman–Crippen MR) is 73.6 cm³/mol. The van der Waals surface area contributed by atoms with Gasteiger partial charge in [0, 0.05) is 26.6 Å². The summed E-state index contributed by atoms with van der Waals surface area (Å²) in [6.45, 7) is 4.93. The second-order valence-electron chi connectivity index (χ2n) is 5.71. The lowest BCUT2D eigenvalue weighted by Gasteiger charge is -2.35. The Kier molecular flexibility index (Phi) is 5.19. The van der Waals surface area contributed by atoms with E-state index in [9.17, 15) is 9.59 Å². The van der Waals surface area contributed by atoms with Gasteiger partial charge in [0.05, 0.1) is 6.04 Å². The molecule has 2 rings (SSSR count). The van der Waals surface area contributed by atoms with Crippen molar-refractivity contribution in [1.82, 2.24) is 15.5 Å². The Morgan fingerprint density at radius 1 is 1.21 bits per heavy atom. The van der Waals surface area contributed by atoms with Crippen molar-refractivity contribution in [3.8, 4) is 0 Å². The van der Waals surface area contributed by atoms with Gasteiger partial charge in [-0.3, -0.25) is 9.59 Å². The van der Waals surface area contributed by atoms with E-state index in [2.05, 4.69) is 10.6 Å². The lowest BCUT2D eigenvalue weighted by atomic mass is 9.95. The van der Waals surface area contributed by atoms with E-state index in [0.717, 1.165) is 51.9 Å². The van der Waals surface area contributed by atoms with Crippen LogP contribution in [0.25, 0.3) is 0 Å². The molecule has 0 spiro atoms. The highest BCUT2D eigenvalue weighted by Crippen LogP contribution is 2.19. The van der Waals surface area contributed by atoms with Gasteiger partial charge in [0.2, 0.25) is 11.8 Å². The molecule has 19 heavy (non-hydrogen) atoms. The maximum absolute atomic E-state index is 12.3. The normalized spacial score (nSPS) is 25.1. The Morgan fingerprint density at radius 2 is 1.95 bits per heavy atom. The minimum atomic E-state index is 0.0323. The van der Waals surface area contributed by atoms with Crippen LogP contribution in [0.1, 0.15) is 39.0 Å². The van der Waals surface area contributed by atoms with E-state index in [0.29, 0.717) is 5.92 Å². The Morgan fingerprint density at radius 3 is 2.53 bits per heavy atom. The molecule has 0 radical (unpaired) electrons. The fourth-order valence-corrected chi connectivity index (χ4v) is 2.93. The van der Waals surface area contributed by atoms with Crippen LogP contribution >= 0.6 is 0 Å². The van der Waals surface area contributed by atoms with Crippen molar-refractivity contribution in [2.45, 2.75) is 45.1 Å². The molecule has 2 amide bonds. The summed E-state index contributed by atoms with van der Waals surface area (Å²) in [6, 6.07) is 0.0423. The molecule has 1 atom stereocenters. The van der Waals surface area contributed by atoms with Gasteiger partial charge in [-0.05, 0) is 38.1 Å². The molecular weight excluding hydrogens is 242 g/mol. The van der Waals surface area contributed by atoms with E-state index in [-0.39, 0.29) is 17.9 Å². The van der Waals surface area contributed by atoms with Crippen molar-refractivity contribution in [3.05, 3.63) is 0 Å². The van der Waals surface area contributed by atoms with Gasteiger partial charge in [0.25, 0.3) is 0 Å². The van der Waals surface area contributed by atoms with Crippen LogP contribution < -0.4 is 10.6 Å². The van der Waals surface area contributed by atoms with Crippen LogP contribution in [0.5, 0.6) is 0 Å². The van der Waals surface area contributed by atoms with Crippen molar-refractivity contribution in [1.29, 1.82) is 0 Å². The van der Waals surface area contributed by atoms with Gasteiger partial charge in [0.1, 0.15) is 0 Å². The van der Waals surface area contributed by atoms with E-state index >= 15 is 0 Å². The van der Waals surface area contributed by atoms with Gasteiger partial charge in [-0.1, -0.05) is 6.42 Å². The zero-order valence-corrected chi connectivity index (χ0v) is 11.8. The lowest BCUT2D eigenvalue weighted by molar-refractivity contribution is -0.135. The first-order valence-corrected chi connectivity index (χ1v) is 7.43. The van der Waals surface area contributed by atoms with Crippen molar-refractivity contribution >= 4 is 11.8 Å². The number of amides is 2. The summed E-state index contributed by atoms with van der Waals surface area (Å²) in [5, 5.41) is 6.19. The first-order chi connectivity index (χ1) is 9.16. The van der Waals surface area contributed by atoms with Crippen LogP contribution in [-0.2, 0) is 9.59 Å². The third kappa shape index (κ3) is 4.20. The fraction of sp³-hybridized carbons (Fsp3) is 0.857. The quantitative estimate of drug-likeness (QED) is 0.783. The van der Waals surface area contributed by atoms with Crippen molar-refractivity contribution in [2.75, 3.05) is 26.2 Å². The van der Waals surface area contributed by atoms with E-state index in [1.54, 1.807) is 6.92 Å². The fourth-order valence-electron chi connectivity index (χ4n) is 2.93. The number of hydrogen-bond donors (Lipinski definition) is 2. The first kappa shape index (κ1) is 14.3. The SMILES string of the molecule is CC(=O)NCC1CCN(C(=O)[C@@H]2CCCCN2)CC1. The first-order valence-electron chi connectivity index (χ1n) is 7.43. The Hall–Kier alpha value is -1.10. The second-order valence-corrected chi connectivity index (χ2v) is 5.71. The van der Waals surface area contributed by atoms with Crippen LogP contribution in [0.3, 0.4) is 0 Å². The molecule has 0 unspecified atom stereocenters. The summed E-state index contributed by atoms with van der Waals surface area (Å²) in [5.74, 6) is 0.829. The Labute approximate surface area is 115 Å². The third-order valence-corrected chi connectivity index (χ3v) is 4.17. The lowest BCUT2D eigenvalue weighted by Crippen LogP contribution is -2.51. The van der Waals surface area contributed by atoms with Gasteiger partial charge in [-0.15, -0.1) is 0 Å². The third-order valence-electron chi connectivity index (χ3n) is 4.17. The van der Waals surface area contributed by atoms with Gasteiger partial charge in [-0.25, -0.2) is 0 Å². The molecule has 2 heterocycles. The molecule has 2 saturated heterocycles. The predicted octanol–water partition coefficient (Wildman–Crippen LogP) is 0.503. The summed E-state index contributed by atoms with van der Waals surface area (Å²) in [6.07, 6.45) is 5.31. The minimum Gasteiger partial charge on any atom is -0.356 e. The van der Waals surface area contributed by atoms with Crippen LogP contribution in [0.4, 0.5) is 0 Å². The van der Waals surface area contributed by atoms with Crippen LogP contribution in [0.15, 0.2) is 0 Å². The Balaban J connectivity index is 1.72. The van der Waals surface area contributed by atoms with Gasteiger partial charge >= 0.3 is 0 Å². The van der Waals surface area contributed by atoms with E-state index in [4.69, 9.17) is 0 Å². The number of carbonyl (C=O) groups is 2. The number of rotatable bonds is 3. The monoisotopic (exact) mass is 267 g/mol. The van der Waals surface area contributed by atoms with Crippen LogP contribution in [0.2, 0.25) is 0 Å². The molecule has 0 bridgehead atoms. The molecular formula is C14H25N3O2. The molecule has 0 aromatic carbocycles. The average Bonchev–Trinajstić information content (AvgIpc) is 2.46. The van der Waals surface area contributed by atoms with Gasteiger partial charge in [0.15, 0.2) is 0 Å². The van der Waals surface area contributed by atoms with Crippen molar-refractivity contribution in [3.63, 3.8) is 0 Å². The zero-order valence-electron chi connectivity index (χ0n) is 11.8. The molecule has 5 nitrogen and oxygen atoms in total. The maximum atomic E-state index is 12.3. The average molecular weight is 267 g/mol. The number of hydrogen-bond acceptors (Lipinski definition) is 3. The zero-order chi connectivity index (χ0) is 13.7. The van der Waals surface area contributed by atoms with Crippen molar-refractivity contribution < 1.29 is 9.59 Å². The summed E-state index contributed by atoms with van der Waals surface area (Å²) >= 11 is 0. The highest BCUT2D eigenvalue weighted by molar-refractivity contribution is 5.82. The molecule has 108 valence electrons. The number of likely N-dealkylation sites (tertiary alicyclic amines) is 1. The molecule has 2 aliphatic heterocycles. The number of nitrogens with one attached hydrogen (secondary N) is 2. The molecule has 5 heteroatoms. The summed E-state index contributed by atoms with van der Waals surface area (Å²) in [7, 11) is 0. The smallest absolute Gasteiger partial charge is 0.239 e. The largest absolute Gasteiger partial charge is 0.356 e. The van der Waals surface area contributed by atoms with E-state index in [1.165, 1.54) is 6.42 Å². The number of nitrogens with zero attached hydrogens (tertiary/aromatic N) is 1. The summed E-state index contributed by atoms with van der Waals surface area (Å²) in [4.78, 5) is 25.2. The number of piperidine rings is 2.